The molecule has 0 spiro atoms. The standard InChI is InChI=1S/C10H13N3O3S/c14-9(15)6-1-7(2-6)13-10(16)11-3-8-4-17-5-12-8/h4-7H,1-3H2,(H,14,15)(H2,11,13,16). The summed E-state index contributed by atoms with van der Waals surface area (Å²) in [5.41, 5.74) is 2.53. The fraction of sp³-hybridized carbons (Fsp3) is 0.500. The second-order valence-electron chi connectivity index (χ2n) is 4.01. The number of carboxylic acids is 1. The van der Waals surface area contributed by atoms with Gasteiger partial charge >= 0.3 is 12.0 Å². The molecule has 3 N–H and O–H groups in total. The predicted octanol–water partition coefficient (Wildman–Crippen LogP) is 0.805. The number of aromatic nitrogens is 1. The summed E-state index contributed by atoms with van der Waals surface area (Å²) in [6.45, 7) is 0.393. The van der Waals surface area contributed by atoms with Crippen molar-refractivity contribution in [2.24, 2.45) is 5.92 Å². The molecule has 0 bridgehead atoms. The molecule has 0 radical (unpaired) electrons. The van der Waals surface area contributed by atoms with Crippen LogP contribution in [-0.4, -0.2) is 28.1 Å². The Bertz CT molecular complexity index is 401. The van der Waals surface area contributed by atoms with Gasteiger partial charge in [-0.3, -0.25) is 4.79 Å². The lowest BCUT2D eigenvalue weighted by Crippen LogP contribution is -2.49. The van der Waals surface area contributed by atoms with Gasteiger partial charge in [0, 0.05) is 11.4 Å². The number of thiazole rings is 1. The van der Waals surface area contributed by atoms with Crippen molar-refractivity contribution >= 4 is 23.3 Å². The van der Waals surface area contributed by atoms with E-state index in [0.29, 0.717) is 19.4 Å². The number of hydrogen-bond donors (Lipinski definition) is 3. The molecule has 1 fully saturated rings. The van der Waals surface area contributed by atoms with Crippen molar-refractivity contribution < 1.29 is 14.7 Å². The van der Waals surface area contributed by atoms with Gasteiger partial charge in [-0.25, -0.2) is 9.78 Å². The fourth-order valence-corrected chi connectivity index (χ4v) is 2.23. The first-order chi connectivity index (χ1) is 8.15. The number of aliphatic carboxylic acids is 1. The van der Waals surface area contributed by atoms with E-state index in [4.69, 9.17) is 5.11 Å². The Kier molecular flexibility index (Phi) is 3.58. The monoisotopic (exact) mass is 255 g/mol. The minimum atomic E-state index is -0.786. The largest absolute Gasteiger partial charge is 0.481 e. The van der Waals surface area contributed by atoms with E-state index < -0.39 is 5.97 Å². The van der Waals surface area contributed by atoms with E-state index in [0.717, 1.165) is 5.69 Å². The van der Waals surface area contributed by atoms with Gasteiger partial charge in [-0.1, -0.05) is 0 Å². The van der Waals surface area contributed by atoms with Gasteiger partial charge in [0.1, 0.15) is 0 Å². The quantitative estimate of drug-likeness (QED) is 0.742. The van der Waals surface area contributed by atoms with Crippen LogP contribution in [0.3, 0.4) is 0 Å². The number of nitrogens with one attached hydrogen (secondary N) is 2. The van der Waals surface area contributed by atoms with E-state index in [9.17, 15) is 9.59 Å². The number of carbonyl (C=O) groups is 2. The normalized spacial score (nSPS) is 22.6. The first-order valence-electron chi connectivity index (χ1n) is 5.29. The van der Waals surface area contributed by atoms with Crippen LogP contribution < -0.4 is 10.6 Å². The van der Waals surface area contributed by atoms with Crippen molar-refractivity contribution in [2.75, 3.05) is 0 Å². The summed E-state index contributed by atoms with van der Waals surface area (Å²) >= 11 is 1.48. The zero-order valence-electron chi connectivity index (χ0n) is 9.05. The molecule has 1 aliphatic carbocycles. The van der Waals surface area contributed by atoms with E-state index in [1.165, 1.54) is 11.3 Å². The van der Waals surface area contributed by atoms with Gasteiger partial charge in [0.05, 0.1) is 23.7 Å². The van der Waals surface area contributed by atoms with E-state index in [1.807, 2.05) is 5.38 Å². The molecule has 0 aliphatic heterocycles. The third-order valence-corrected chi connectivity index (χ3v) is 3.37. The van der Waals surface area contributed by atoms with Gasteiger partial charge in [0.15, 0.2) is 0 Å². The third-order valence-electron chi connectivity index (χ3n) is 2.74. The van der Waals surface area contributed by atoms with Gasteiger partial charge < -0.3 is 15.7 Å². The summed E-state index contributed by atoms with van der Waals surface area (Å²) in [5.74, 6) is -1.09. The summed E-state index contributed by atoms with van der Waals surface area (Å²) in [4.78, 5) is 26.0. The second-order valence-corrected chi connectivity index (χ2v) is 4.73. The van der Waals surface area contributed by atoms with Crippen LogP contribution in [0.1, 0.15) is 18.5 Å². The van der Waals surface area contributed by atoms with E-state index in [-0.39, 0.29) is 18.0 Å². The minimum Gasteiger partial charge on any atom is -0.481 e. The summed E-state index contributed by atoms with van der Waals surface area (Å²) < 4.78 is 0. The molecular weight excluding hydrogens is 242 g/mol. The molecule has 0 atom stereocenters. The maximum Gasteiger partial charge on any atom is 0.315 e. The van der Waals surface area contributed by atoms with Crippen molar-refractivity contribution in [1.29, 1.82) is 0 Å². The number of rotatable bonds is 4. The average molecular weight is 255 g/mol. The molecule has 92 valence electrons. The Balaban J connectivity index is 1.64. The number of urea groups is 1. The third kappa shape index (κ3) is 3.16. The van der Waals surface area contributed by atoms with Crippen molar-refractivity contribution in [3.05, 3.63) is 16.6 Å². The van der Waals surface area contributed by atoms with Crippen LogP contribution in [0.2, 0.25) is 0 Å². The first kappa shape index (κ1) is 11.8. The lowest BCUT2D eigenvalue weighted by molar-refractivity contribution is -0.145. The predicted molar refractivity (Wildman–Crippen MR) is 61.6 cm³/mol. The second kappa shape index (κ2) is 5.13. The van der Waals surface area contributed by atoms with Crippen LogP contribution in [0.15, 0.2) is 10.9 Å². The highest BCUT2D eigenvalue weighted by molar-refractivity contribution is 7.07. The SMILES string of the molecule is O=C(NCc1cscn1)NC1CC(C(=O)O)C1. The van der Waals surface area contributed by atoms with Crippen LogP contribution in [0.25, 0.3) is 0 Å². The van der Waals surface area contributed by atoms with Crippen molar-refractivity contribution in [3.63, 3.8) is 0 Å². The lowest BCUT2D eigenvalue weighted by Gasteiger charge is -2.32. The molecule has 1 aromatic heterocycles. The Morgan fingerprint density at radius 1 is 1.53 bits per heavy atom. The topological polar surface area (TPSA) is 91.3 Å². The zero-order valence-corrected chi connectivity index (χ0v) is 9.87. The van der Waals surface area contributed by atoms with Crippen LogP contribution in [-0.2, 0) is 11.3 Å². The zero-order chi connectivity index (χ0) is 12.3. The van der Waals surface area contributed by atoms with E-state index in [1.54, 1.807) is 5.51 Å². The smallest absolute Gasteiger partial charge is 0.315 e. The molecule has 0 unspecified atom stereocenters. The van der Waals surface area contributed by atoms with Gasteiger partial charge in [0.2, 0.25) is 0 Å². The van der Waals surface area contributed by atoms with Crippen molar-refractivity contribution in [1.82, 2.24) is 15.6 Å². The van der Waals surface area contributed by atoms with Crippen molar-refractivity contribution in [3.8, 4) is 0 Å². The maximum atomic E-state index is 11.4. The number of amides is 2. The summed E-state index contributed by atoms with van der Waals surface area (Å²) in [6, 6.07) is -0.293. The van der Waals surface area contributed by atoms with E-state index in [2.05, 4.69) is 15.6 Å². The molecule has 2 amide bonds. The average Bonchev–Trinajstić information content (AvgIpc) is 2.72. The fourth-order valence-electron chi connectivity index (χ4n) is 1.67. The van der Waals surface area contributed by atoms with Crippen LogP contribution >= 0.6 is 11.3 Å². The summed E-state index contributed by atoms with van der Waals surface area (Å²) in [6.07, 6.45) is 1.03. The molecule has 1 saturated carbocycles. The van der Waals surface area contributed by atoms with Crippen LogP contribution in [0.4, 0.5) is 4.79 Å². The Labute approximate surface area is 102 Å². The van der Waals surface area contributed by atoms with Crippen LogP contribution in [0.5, 0.6) is 0 Å². The maximum absolute atomic E-state index is 11.4. The molecule has 1 aliphatic rings. The molecule has 1 aromatic rings. The molecule has 7 heteroatoms. The summed E-state index contributed by atoms with van der Waals surface area (Å²) in [7, 11) is 0. The highest BCUT2D eigenvalue weighted by Crippen LogP contribution is 2.27. The highest BCUT2D eigenvalue weighted by atomic mass is 32.1. The minimum absolute atomic E-state index is 0.0217. The Morgan fingerprint density at radius 3 is 2.88 bits per heavy atom. The Hall–Kier alpha value is -1.63. The van der Waals surface area contributed by atoms with Gasteiger partial charge in [-0.2, -0.15) is 0 Å². The first-order valence-corrected chi connectivity index (χ1v) is 6.23. The van der Waals surface area contributed by atoms with Crippen LogP contribution in [0, 0.1) is 5.92 Å². The van der Waals surface area contributed by atoms with Crippen molar-refractivity contribution in [2.45, 2.75) is 25.4 Å². The number of hydrogen-bond acceptors (Lipinski definition) is 4. The molecular formula is C10H13N3O3S. The molecule has 0 saturated heterocycles. The molecule has 6 nitrogen and oxygen atoms in total. The van der Waals surface area contributed by atoms with Gasteiger partial charge in [-0.15, -0.1) is 11.3 Å². The lowest BCUT2D eigenvalue weighted by atomic mass is 9.80. The Morgan fingerprint density at radius 2 is 2.29 bits per heavy atom. The van der Waals surface area contributed by atoms with Gasteiger partial charge in [0.25, 0.3) is 0 Å². The highest BCUT2D eigenvalue weighted by Gasteiger charge is 2.35. The molecule has 17 heavy (non-hydrogen) atoms. The molecule has 0 aromatic carbocycles. The number of carbonyl (C=O) groups excluding carboxylic acids is 1. The molecule has 2 rings (SSSR count). The van der Waals surface area contributed by atoms with E-state index >= 15 is 0 Å². The number of nitrogens with zero attached hydrogens (tertiary/aromatic N) is 1. The van der Waals surface area contributed by atoms with Gasteiger partial charge in [-0.05, 0) is 12.8 Å². The summed E-state index contributed by atoms with van der Waals surface area (Å²) in [5, 5.41) is 15.9. The molecule has 1 heterocycles. The number of carboxylic acid groups (broad SMARTS) is 1.